The van der Waals surface area contributed by atoms with Crippen molar-refractivity contribution in [3.8, 4) is 0 Å². The second-order valence-electron chi connectivity index (χ2n) is 4.91. The van der Waals surface area contributed by atoms with Gasteiger partial charge in [-0.25, -0.2) is 4.98 Å². The SMILES string of the molecule is CCN(Cc1cccc(N)n1)C1CCCCC1. The van der Waals surface area contributed by atoms with Gasteiger partial charge in [-0.05, 0) is 31.5 Å². The maximum Gasteiger partial charge on any atom is 0.123 e. The van der Waals surface area contributed by atoms with Crippen molar-refractivity contribution in [3.05, 3.63) is 23.9 Å². The Kier molecular flexibility index (Phi) is 4.37. The molecule has 0 aliphatic heterocycles. The van der Waals surface area contributed by atoms with Gasteiger partial charge in [0.15, 0.2) is 0 Å². The molecule has 1 saturated carbocycles. The minimum atomic E-state index is 0.627. The third-order valence-corrected chi connectivity index (χ3v) is 3.69. The highest BCUT2D eigenvalue weighted by Crippen LogP contribution is 2.23. The molecule has 1 heterocycles. The van der Waals surface area contributed by atoms with Crippen LogP contribution >= 0.6 is 0 Å². The molecule has 0 radical (unpaired) electrons. The average molecular weight is 233 g/mol. The molecule has 0 atom stereocenters. The zero-order valence-corrected chi connectivity index (χ0v) is 10.7. The Labute approximate surface area is 104 Å². The molecule has 0 bridgehead atoms. The lowest BCUT2D eigenvalue weighted by molar-refractivity contribution is 0.154. The van der Waals surface area contributed by atoms with Crippen molar-refractivity contribution in [2.24, 2.45) is 0 Å². The summed E-state index contributed by atoms with van der Waals surface area (Å²) in [5, 5.41) is 0. The Morgan fingerprint density at radius 3 is 2.71 bits per heavy atom. The molecular weight excluding hydrogens is 210 g/mol. The van der Waals surface area contributed by atoms with Crippen LogP contribution < -0.4 is 5.73 Å². The van der Waals surface area contributed by atoms with Gasteiger partial charge in [-0.3, -0.25) is 4.90 Å². The Bertz CT molecular complexity index is 345. The fraction of sp³-hybridized carbons (Fsp3) is 0.643. The van der Waals surface area contributed by atoms with Crippen LogP contribution in [-0.4, -0.2) is 22.5 Å². The minimum Gasteiger partial charge on any atom is -0.384 e. The number of nitrogens with zero attached hydrogens (tertiary/aromatic N) is 2. The van der Waals surface area contributed by atoms with Crippen molar-refractivity contribution in [1.82, 2.24) is 9.88 Å². The highest BCUT2D eigenvalue weighted by Gasteiger charge is 2.20. The van der Waals surface area contributed by atoms with Gasteiger partial charge < -0.3 is 5.73 Å². The maximum absolute atomic E-state index is 5.72. The number of anilines is 1. The van der Waals surface area contributed by atoms with E-state index < -0.39 is 0 Å². The zero-order valence-electron chi connectivity index (χ0n) is 10.7. The number of nitrogens with two attached hydrogens (primary N) is 1. The van der Waals surface area contributed by atoms with Crippen molar-refractivity contribution in [1.29, 1.82) is 0 Å². The Hall–Kier alpha value is -1.09. The van der Waals surface area contributed by atoms with E-state index in [9.17, 15) is 0 Å². The quantitative estimate of drug-likeness (QED) is 0.869. The summed E-state index contributed by atoms with van der Waals surface area (Å²) < 4.78 is 0. The molecule has 1 fully saturated rings. The predicted molar refractivity (Wildman–Crippen MR) is 71.6 cm³/mol. The lowest BCUT2D eigenvalue weighted by Gasteiger charge is -2.33. The van der Waals surface area contributed by atoms with E-state index in [-0.39, 0.29) is 0 Å². The van der Waals surface area contributed by atoms with Gasteiger partial charge in [0.25, 0.3) is 0 Å². The van der Waals surface area contributed by atoms with Crippen molar-refractivity contribution < 1.29 is 0 Å². The first kappa shape index (κ1) is 12.4. The number of pyridine rings is 1. The fourth-order valence-electron chi connectivity index (χ4n) is 2.74. The molecule has 2 rings (SSSR count). The topological polar surface area (TPSA) is 42.1 Å². The van der Waals surface area contributed by atoms with Crippen LogP contribution in [0.15, 0.2) is 18.2 Å². The summed E-state index contributed by atoms with van der Waals surface area (Å²) in [7, 11) is 0. The van der Waals surface area contributed by atoms with E-state index in [0.29, 0.717) is 5.82 Å². The largest absolute Gasteiger partial charge is 0.384 e. The number of aromatic nitrogens is 1. The first-order valence-corrected chi connectivity index (χ1v) is 6.75. The second-order valence-corrected chi connectivity index (χ2v) is 4.91. The summed E-state index contributed by atoms with van der Waals surface area (Å²) in [6.45, 7) is 4.27. The molecule has 2 N–H and O–H groups in total. The van der Waals surface area contributed by atoms with Gasteiger partial charge in [-0.15, -0.1) is 0 Å². The molecule has 0 aromatic carbocycles. The average Bonchev–Trinajstić information content (AvgIpc) is 2.37. The molecule has 3 nitrogen and oxygen atoms in total. The van der Waals surface area contributed by atoms with E-state index in [1.807, 2.05) is 12.1 Å². The molecule has 0 spiro atoms. The van der Waals surface area contributed by atoms with Crippen LogP contribution in [0.2, 0.25) is 0 Å². The van der Waals surface area contributed by atoms with E-state index >= 15 is 0 Å². The van der Waals surface area contributed by atoms with E-state index in [0.717, 1.165) is 24.8 Å². The van der Waals surface area contributed by atoms with Crippen molar-refractivity contribution in [3.63, 3.8) is 0 Å². The lowest BCUT2D eigenvalue weighted by atomic mass is 9.94. The van der Waals surface area contributed by atoms with E-state index in [4.69, 9.17) is 5.73 Å². The molecule has 1 aliphatic carbocycles. The Morgan fingerprint density at radius 2 is 2.06 bits per heavy atom. The molecule has 0 saturated heterocycles. The van der Waals surface area contributed by atoms with Gasteiger partial charge in [-0.2, -0.15) is 0 Å². The summed E-state index contributed by atoms with van der Waals surface area (Å²) in [6, 6.07) is 6.66. The van der Waals surface area contributed by atoms with Crippen LogP contribution in [0.4, 0.5) is 5.82 Å². The number of hydrogen-bond acceptors (Lipinski definition) is 3. The number of hydrogen-bond donors (Lipinski definition) is 1. The maximum atomic E-state index is 5.72. The monoisotopic (exact) mass is 233 g/mol. The van der Waals surface area contributed by atoms with Gasteiger partial charge in [-0.1, -0.05) is 32.3 Å². The second kappa shape index (κ2) is 6.01. The number of nitrogen functional groups attached to an aromatic ring is 1. The molecule has 94 valence electrons. The van der Waals surface area contributed by atoms with Gasteiger partial charge >= 0.3 is 0 Å². The summed E-state index contributed by atoms with van der Waals surface area (Å²) >= 11 is 0. The fourth-order valence-corrected chi connectivity index (χ4v) is 2.74. The third-order valence-electron chi connectivity index (χ3n) is 3.69. The summed E-state index contributed by atoms with van der Waals surface area (Å²) in [5.41, 5.74) is 6.82. The lowest BCUT2D eigenvalue weighted by Crippen LogP contribution is -2.36. The van der Waals surface area contributed by atoms with Gasteiger partial charge in [0.1, 0.15) is 5.82 Å². The summed E-state index contributed by atoms with van der Waals surface area (Å²) in [4.78, 5) is 6.93. The first-order valence-electron chi connectivity index (χ1n) is 6.75. The highest BCUT2D eigenvalue weighted by atomic mass is 15.2. The molecule has 0 amide bonds. The van der Waals surface area contributed by atoms with Gasteiger partial charge in [0.2, 0.25) is 0 Å². The Morgan fingerprint density at radius 1 is 1.29 bits per heavy atom. The normalized spacial score (nSPS) is 17.5. The Balaban J connectivity index is 1.98. The van der Waals surface area contributed by atoms with Crippen molar-refractivity contribution >= 4 is 5.82 Å². The van der Waals surface area contributed by atoms with Gasteiger partial charge in [0.05, 0.1) is 5.69 Å². The molecular formula is C14H23N3. The molecule has 0 unspecified atom stereocenters. The van der Waals surface area contributed by atoms with Crippen LogP contribution in [-0.2, 0) is 6.54 Å². The third kappa shape index (κ3) is 3.43. The van der Waals surface area contributed by atoms with E-state index in [2.05, 4.69) is 22.9 Å². The van der Waals surface area contributed by atoms with E-state index in [1.165, 1.54) is 32.1 Å². The molecule has 1 aromatic rings. The smallest absolute Gasteiger partial charge is 0.123 e. The molecule has 1 aromatic heterocycles. The van der Waals surface area contributed by atoms with Crippen LogP contribution in [0.1, 0.15) is 44.7 Å². The molecule has 17 heavy (non-hydrogen) atoms. The summed E-state index contributed by atoms with van der Waals surface area (Å²) in [6.07, 6.45) is 6.86. The van der Waals surface area contributed by atoms with Crippen LogP contribution in [0.3, 0.4) is 0 Å². The van der Waals surface area contributed by atoms with Crippen molar-refractivity contribution in [2.75, 3.05) is 12.3 Å². The van der Waals surface area contributed by atoms with Crippen LogP contribution in [0, 0.1) is 0 Å². The predicted octanol–water partition coefficient (Wildman–Crippen LogP) is 2.82. The van der Waals surface area contributed by atoms with Crippen molar-refractivity contribution in [2.45, 2.75) is 51.6 Å². The number of rotatable bonds is 4. The minimum absolute atomic E-state index is 0.627. The van der Waals surface area contributed by atoms with Crippen LogP contribution in [0.25, 0.3) is 0 Å². The standard InChI is InChI=1S/C14H23N3/c1-2-17(13-8-4-3-5-9-13)11-12-7-6-10-14(15)16-12/h6-7,10,13H,2-5,8-9,11H2,1H3,(H2,15,16). The molecule has 1 aliphatic rings. The zero-order chi connectivity index (χ0) is 12.1. The van der Waals surface area contributed by atoms with Crippen LogP contribution in [0.5, 0.6) is 0 Å². The first-order chi connectivity index (χ1) is 8.29. The van der Waals surface area contributed by atoms with Gasteiger partial charge in [0, 0.05) is 12.6 Å². The highest BCUT2D eigenvalue weighted by molar-refractivity contribution is 5.28. The molecule has 3 heteroatoms. The van der Waals surface area contributed by atoms with E-state index in [1.54, 1.807) is 0 Å². The summed E-state index contributed by atoms with van der Waals surface area (Å²) in [5.74, 6) is 0.627.